The molecule has 0 heterocycles. The fourth-order valence-electron chi connectivity index (χ4n) is 3.93. The van der Waals surface area contributed by atoms with E-state index in [1.54, 1.807) is 0 Å². The zero-order valence-electron chi connectivity index (χ0n) is 18.8. The molecule has 0 N–H and O–H groups in total. The Bertz CT molecular complexity index is 1220. The first-order valence-electron chi connectivity index (χ1n) is 11.2. The molecule has 4 aromatic rings. The molecule has 168 valence electrons. The minimum atomic E-state index is 0.137. The van der Waals surface area contributed by atoms with Gasteiger partial charge in [0.05, 0.1) is 0 Å². The van der Waals surface area contributed by atoms with Crippen LogP contribution in [0.4, 0.5) is 0 Å². The van der Waals surface area contributed by atoms with Crippen molar-refractivity contribution in [2.75, 3.05) is 0 Å². The second-order valence-electron chi connectivity index (χ2n) is 8.09. The van der Waals surface area contributed by atoms with Crippen LogP contribution in [0, 0.1) is 0 Å². The maximum atomic E-state index is 13.5. The fraction of sp³-hybridized carbons (Fsp3) is 0.0645. The lowest BCUT2D eigenvalue weighted by atomic mass is 9.92. The first-order chi connectivity index (χ1) is 16.6. The highest BCUT2D eigenvalue weighted by molar-refractivity contribution is 7.80. The van der Waals surface area contributed by atoms with Gasteiger partial charge in [0.2, 0.25) is 0 Å². The third-order valence-electron chi connectivity index (χ3n) is 5.56. The summed E-state index contributed by atoms with van der Waals surface area (Å²) in [4.78, 5) is 15.2. The van der Waals surface area contributed by atoms with E-state index in [9.17, 15) is 4.79 Å². The lowest BCUT2D eigenvalue weighted by molar-refractivity contribution is -0.117. The van der Waals surface area contributed by atoms with Crippen molar-refractivity contribution in [3.63, 3.8) is 0 Å². The van der Waals surface area contributed by atoms with E-state index in [1.165, 1.54) is 0 Å². The molecule has 4 aromatic carbocycles. The third-order valence-corrected chi connectivity index (χ3v) is 6.34. The van der Waals surface area contributed by atoms with Crippen LogP contribution in [0.2, 0.25) is 0 Å². The molecular formula is C31H26OS2. The molecule has 0 spiro atoms. The Kier molecular flexibility index (Phi) is 8.24. The maximum absolute atomic E-state index is 13.5. The summed E-state index contributed by atoms with van der Waals surface area (Å²) in [6, 6.07) is 36.0. The number of thiol groups is 2. The average molecular weight is 479 g/mol. The van der Waals surface area contributed by atoms with Crippen LogP contribution in [0.5, 0.6) is 0 Å². The summed E-state index contributed by atoms with van der Waals surface area (Å²) in [6.07, 6.45) is 4.79. The number of ketones is 1. The Morgan fingerprint density at radius 2 is 0.882 bits per heavy atom. The van der Waals surface area contributed by atoms with E-state index in [4.69, 9.17) is 0 Å². The Morgan fingerprint density at radius 1 is 0.529 bits per heavy atom. The number of hydrogen-bond donors (Lipinski definition) is 2. The molecule has 1 nitrogen and oxygen atoms in total. The molecule has 34 heavy (non-hydrogen) atoms. The molecule has 0 amide bonds. The highest BCUT2D eigenvalue weighted by Crippen LogP contribution is 2.31. The van der Waals surface area contributed by atoms with Crippen molar-refractivity contribution in [3.8, 4) is 0 Å². The fourth-order valence-corrected chi connectivity index (χ4v) is 4.54. The van der Waals surface area contributed by atoms with Crippen molar-refractivity contribution < 1.29 is 4.79 Å². The molecule has 4 rings (SSSR count). The number of hydrogen-bond acceptors (Lipinski definition) is 3. The summed E-state index contributed by atoms with van der Waals surface area (Å²) in [5, 5.41) is 0. The average Bonchev–Trinajstić information content (AvgIpc) is 2.85. The normalized spacial score (nSPS) is 11.9. The van der Waals surface area contributed by atoms with Gasteiger partial charge in [0.15, 0.2) is 0 Å². The molecule has 0 aliphatic heterocycles. The van der Waals surface area contributed by atoms with Crippen molar-refractivity contribution in [3.05, 3.63) is 131 Å². The second kappa shape index (κ2) is 11.7. The zero-order chi connectivity index (χ0) is 23.8. The molecule has 0 unspecified atom stereocenters. The molecule has 0 aromatic heterocycles. The summed E-state index contributed by atoms with van der Waals surface area (Å²) in [6.45, 7) is 0. The van der Waals surface area contributed by atoms with Gasteiger partial charge in [-0.25, -0.2) is 0 Å². The van der Waals surface area contributed by atoms with Gasteiger partial charge in [-0.2, -0.15) is 0 Å². The predicted molar refractivity (Wildman–Crippen MR) is 150 cm³/mol. The van der Waals surface area contributed by atoms with E-state index in [0.717, 1.165) is 43.2 Å². The van der Waals surface area contributed by atoms with Gasteiger partial charge in [-0.15, -0.1) is 25.3 Å². The predicted octanol–water partition coefficient (Wildman–Crippen LogP) is 8.39. The molecule has 0 aliphatic carbocycles. The van der Waals surface area contributed by atoms with Gasteiger partial charge in [0.1, 0.15) is 5.78 Å². The van der Waals surface area contributed by atoms with Gasteiger partial charge in [-0.3, -0.25) is 4.79 Å². The summed E-state index contributed by atoms with van der Waals surface area (Å²) in [7, 11) is 0. The number of carbonyl (C=O) groups is 1. The Balaban J connectivity index is 1.67. The quantitative estimate of drug-likeness (QED) is 0.192. The van der Waals surface area contributed by atoms with Gasteiger partial charge >= 0.3 is 0 Å². The number of Topliss-reactive ketones (excluding diaryl/α,β-unsaturated/α-hetero) is 1. The minimum absolute atomic E-state index is 0.137. The number of allylic oxidation sites excluding steroid dienone is 2. The molecule has 0 radical (unpaired) electrons. The van der Waals surface area contributed by atoms with Crippen LogP contribution in [-0.2, 0) is 4.79 Å². The zero-order valence-corrected chi connectivity index (χ0v) is 20.6. The van der Waals surface area contributed by atoms with Crippen molar-refractivity contribution in [1.29, 1.82) is 0 Å². The summed E-state index contributed by atoms with van der Waals surface area (Å²) >= 11 is 9.32. The summed E-state index contributed by atoms with van der Waals surface area (Å²) < 4.78 is 0. The van der Waals surface area contributed by atoms with E-state index in [2.05, 4.69) is 37.4 Å². The van der Waals surface area contributed by atoms with E-state index in [0.29, 0.717) is 12.8 Å². The summed E-state index contributed by atoms with van der Waals surface area (Å²) in [5.74, 6) is 0.137. The van der Waals surface area contributed by atoms with Crippen LogP contribution in [0.15, 0.2) is 119 Å². The molecule has 0 saturated carbocycles. The van der Waals surface area contributed by atoms with Crippen LogP contribution in [0.1, 0.15) is 35.1 Å². The van der Waals surface area contributed by atoms with Gasteiger partial charge in [-0.05, 0) is 45.5 Å². The highest BCUT2D eigenvalue weighted by Gasteiger charge is 2.15. The van der Waals surface area contributed by atoms with Crippen LogP contribution in [0.3, 0.4) is 0 Å². The van der Waals surface area contributed by atoms with Crippen molar-refractivity contribution in [2.24, 2.45) is 0 Å². The molecular weight excluding hydrogens is 452 g/mol. The number of carbonyl (C=O) groups excluding carboxylic acids is 1. The monoisotopic (exact) mass is 478 g/mol. The van der Waals surface area contributed by atoms with Gasteiger partial charge in [0.25, 0.3) is 0 Å². The Labute approximate surface area is 212 Å². The summed E-state index contributed by atoms with van der Waals surface area (Å²) in [5.41, 5.74) is 5.99. The highest BCUT2D eigenvalue weighted by atomic mass is 32.1. The Morgan fingerprint density at radius 3 is 1.26 bits per heavy atom. The van der Waals surface area contributed by atoms with Gasteiger partial charge < -0.3 is 0 Å². The first-order valence-corrected chi connectivity index (χ1v) is 12.1. The first kappa shape index (κ1) is 23.9. The standard InChI is InChI=1S/C31H26OS2/c32-27(21-25(19-23-11-3-1-4-12-23)28-15-7-9-17-30(28)33)22-26(20-24-13-5-2-6-14-24)29-16-8-10-18-31(29)34/h1-20,33-34H,21-22H2/b25-19-,26-20+. The minimum Gasteiger partial charge on any atom is -0.299 e. The Hall–Kier alpha value is -3.27. The molecule has 0 saturated heterocycles. The second-order valence-corrected chi connectivity index (χ2v) is 9.05. The topological polar surface area (TPSA) is 17.1 Å². The van der Waals surface area contributed by atoms with Gasteiger partial charge in [0, 0.05) is 22.6 Å². The van der Waals surface area contributed by atoms with Crippen LogP contribution in [-0.4, -0.2) is 5.78 Å². The smallest absolute Gasteiger partial charge is 0.141 e. The molecule has 3 heteroatoms. The lowest BCUT2D eigenvalue weighted by Crippen LogP contribution is -2.03. The van der Waals surface area contributed by atoms with E-state index in [1.807, 2.05) is 109 Å². The van der Waals surface area contributed by atoms with Gasteiger partial charge in [-0.1, -0.05) is 109 Å². The van der Waals surface area contributed by atoms with E-state index in [-0.39, 0.29) is 5.78 Å². The van der Waals surface area contributed by atoms with E-state index >= 15 is 0 Å². The number of benzene rings is 4. The maximum Gasteiger partial charge on any atom is 0.141 e. The third kappa shape index (κ3) is 6.40. The molecule has 0 atom stereocenters. The van der Waals surface area contributed by atoms with E-state index < -0.39 is 0 Å². The molecule has 0 aliphatic rings. The molecule has 0 fully saturated rings. The van der Waals surface area contributed by atoms with Crippen molar-refractivity contribution >= 4 is 54.3 Å². The SMILES string of the molecule is O=C(C/C(=C/c1ccccc1)c1ccccc1S)C/C(=C\c1ccccc1)c1ccccc1S. The van der Waals surface area contributed by atoms with Crippen LogP contribution < -0.4 is 0 Å². The van der Waals surface area contributed by atoms with Crippen LogP contribution in [0.25, 0.3) is 23.3 Å². The van der Waals surface area contributed by atoms with Crippen molar-refractivity contribution in [1.82, 2.24) is 0 Å². The largest absolute Gasteiger partial charge is 0.299 e. The molecule has 0 bridgehead atoms. The number of rotatable bonds is 8. The lowest BCUT2D eigenvalue weighted by Gasteiger charge is -2.13. The van der Waals surface area contributed by atoms with Crippen molar-refractivity contribution in [2.45, 2.75) is 22.6 Å². The van der Waals surface area contributed by atoms with Crippen LogP contribution >= 0.6 is 25.3 Å².